The summed E-state index contributed by atoms with van der Waals surface area (Å²) < 4.78 is 5.75. The lowest BCUT2D eigenvalue weighted by atomic mass is 9.77. The van der Waals surface area contributed by atoms with Gasteiger partial charge in [-0.2, -0.15) is 0 Å². The highest BCUT2D eigenvalue weighted by Crippen LogP contribution is 2.49. The molecule has 6 heteroatoms. The Morgan fingerprint density at radius 2 is 1.73 bits per heavy atom. The molecule has 1 unspecified atom stereocenters. The Morgan fingerprint density at radius 3 is 2.45 bits per heavy atom. The molecule has 0 saturated carbocycles. The molecule has 0 spiro atoms. The number of amides is 1. The molecule has 170 valence electrons. The monoisotopic (exact) mass is 480 g/mol. The van der Waals surface area contributed by atoms with Crippen molar-refractivity contribution >= 4 is 40.5 Å². The SMILES string of the molecule is COc1cc(N2CCCC2)ccc1CN1C(=O)C(C)(c2ccccc2Cl)c2cc(Cl)ccc21. The average molecular weight is 481 g/mol. The van der Waals surface area contributed by atoms with Crippen LogP contribution in [0.2, 0.25) is 10.0 Å². The van der Waals surface area contributed by atoms with Gasteiger partial charge in [0.05, 0.1) is 13.7 Å². The third kappa shape index (κ3) is 3.66. The minimum Gasteiger partial charge on any atom is -0.496 e. The van der Waals surface area contributed by atoms with Crippen LogP contribution >= 0.6 is 23.2 Å². The van der Waals surface area contributed by atoms with Crippen LogP contribution in [0.15, 0.2) is 60.7 Å². The van der Waals surface area contributed by atoms with Crippen molar-refractivity contribution in [1.82, 2.24) is 0 Å². The van der Waals surface area contributed by atoms with Crippen molar-refractivity contribution in [2.45, 2.75) is 31.7 Å². The summed E-state index contributed by atoms with van der Waals surface area (Å²) in [5.74, 6) is 0.757. The van der Waals surface area contributed by atoms with Crippen molar-refractivity contribution in [1.29, 1.82) is 0 Å². The van der Waals surface area contributed by atoms with Crippen LogP contribution in [0, 0.1) is 0 Å². The van der Waals surface area contributed by atoms with Gasteiger partial charge in [0.15, 0.2) is 0 Å². The average Bonchev–Trinajstić information content (AvgIpc) is 3.43. The maximum absolute atomic E-state index is 14.0. The number of benzene rings is 3. The molecule has 1 amide bonds. The third-order valence-electron chi connectivity index (χ3n) is 6.94. The number of fused-ring (bicyclic) bond motifs is 1. The van der Waals surface area contributed by atoms with Crippen molar-refractivity contribution in [2.24, 2.45) is 0 Å². The van der Waals surface area contributed by atoms with Crippen molar-refractivity contribution < 1.29 is 9.53 Å². The van der Waals surface area contributed by atoms with Gasteiger partial charge in [0.2, 0.25) is 5.91 Å². The second-order valence-electron chi connectivity index (χ2n) is 8.85. The predicted molar refractivity (Wildman–Crippen MR) is 135 cm³/mol. The second kappa shape index (κ2) is 8.58. The van der Waals surface area contributed by atoms with Crippen LogP contribution in [0.25, 0.3) is 0 Å². The van der Waals surface area contributed by atoms with E-state index >= 15 is 0 Å². The van der Waals surface area contributed by atoms with Crippen molar-refractivity contribution in [3.63, 3.8) is 0 Å². The van der Waals surface area contributed by atoms with Gasteiger partial charge in [-0.25, -0.2) is 0 Å². The van der Waals surface area contributed by atoms with Gasteiger partial charge in [0.1, 0.15) is 11.2 Å². The highest BCUT2D eigenvalue weighted by molar-refractivity contribution is 6.32. The molecular weight excluding hydrogens is 455 g/mol. The number of hydrogen-bond acceptors (Lipinski definition) is 3. The fourth-order valence-electron chi connectivity index (χ4n) is 5.13. The van der Waals surface area contributed by atoms with E-state index in [0.29, 0.717) is 16.6 Å². The lowest BCUT2D eigenvalue weighted by Crippen LogP contribution is -2.39. The molecule has 0 N–H and O–H groups in total. The standard InChI is InChI=1S/C27H26Cl2N2O2/c1-27(21-7-3-4-8-23(21)29)22-15-19(28)10-12-24(22)31(26(27)32)17-18-9-11-20(16-25(18)33-2)30-13-5-6-14-30/h3-4,7-12,15-16H,5-6,13-14,17H2,1-2H3. The predicted octanol–water partition coefficient (Wildman–Crippen LogP) is 6.46. The van der Waals surface area contributed by atoms with Crippen LogP contribution in [0.3, 0.4) is 0 Å². The summed E-state index contributed by atoms with van der Waals surface area (Å²) in [6.45, 7) is 4.46. The Hall–Kier alpha value is -2.69. The quantitative estimate of drug-likeness (QED) is 0.420. The Bertz CT molecular complexity index is 1220. The maximum atomic E-state index is 14.0. The molecule has 0 radical (unpaired) electrons. The fraction of sp³-hybridized carbons (Fsp3) is 0.296. The molecule has 4 nitrogen and oxygen atoms in total. The molecule has 3 aromatic rings. The van der Waals surface area contributed by atoms with Gasteiger partial charge >= 0.3 is 0 Å². The summed E-state index contributed by atoms with van der Waals surface area (Å²) in [6.07, 6.45) is 2.43. The van der Waals surface area contributed by atoms with E-state index in [1.165, 1.54) is 12.8 Å². The molecule has 1 fully saturated rings. The fourth-order valence-corrected chi connectivity index (χ4v) is 5.63. The zero-order chi connectivity index (χ0) is 23.2. The van der Waals surface area contributed by atoms with Crippen LogP contribution < -0.4 is 14.5 Å². The molecule has 5 rings (SSSR count). The minimum atomic E-state index is -0.929. The van der Waals surface area contributed by atoms with Crippen LogP contribution in [-0.4, -0.2) is 26.1 Å². The largest absolute Gasteiger partial charge is 0.496 e. The van der Waals surface area contributed by atoms with E-state index in [9.17, 15) is 4.79 Å². The van der Waals surface area contributed by atoms with Crippen LogP contribution in [0.1, 0.15) is 36.5 Å². The summed E-state index contributed by atoms with van der Waals surface area (Å²) in [5.41, 5.74) is 3.67. The first-order chi connectivity index (χ1) is 15.9. The van der Waals surface area contributed by atoms with Crippen LogP contribution in [0.5, 0.6) is 5.75 Å². The zero-order valence-corrected chi connectivity index (χ0v) is 20.3. The minimum absolute atomic E-state index is 0.0291. The second-order valence-corrected chi connectivity index (χ2v) is 9.69. The smallest absolute Gasteiger partial charge is 0.242 e. The Kier molecular flexibility index (Phi) is 5.75. The number of methoxy groups -OCH3 is 1. The highest BCUT2D eigenvalue weighted by atomic mass is 35.5. The number of carbonyl (C=O) groups excluding carboxylic acids is 1. The lowest BCUT2D eigenvalue weighted by Gasteiger charge is -2.26. The zero-order valence-electron chi connectivity index (χ0n) is 18.8. The van der Waals surface area contributed by atoms with E-state index in [4.69, 9.17) is 27.9 Å². The first-order valence-electron chi connectivity index (χ1n) is 11.2. The molecule has 1 saturated heterocycles. The number of rotatable bonds is 5. The van der Waals surface area contributed by atoms with E-state index in [0.717, 1.165) is 46.9 Å². The number of ether oxygens (including phenoxy) is 1. The van der Waals surface area contributed by atoms with Crippen molar-refractivity contribution in [3.8, 4) is 5.75 Å². The van der Waals surface area contributed by atoms with Gasteiger partial charge in [0, 0.05) is 46.1 Å². The topological polar surface area (TPSA) is 32.8 Å². The Morgan fingerprint density at radius 1 is 0.970 bits per heavy atom. The van der Waals surface area contributed by atoms with Gasteiger partial charge in [-0.05, 0) is 61.2 Å². The van der Waals surface area contributed by atoms with Gasteiger partial charge in [-0.1, -0.05) is 47.5 Å². The van der Waals surface area contributed by atoms with Gasteiger partial charge < -0.3 is 14.5 Å². The number of carbonyl (C=O) groups is 1. The molecule has 0 aliphatic carbocycles. The first-order valence-corrected chi connectivity index (χ1v) is 12.0. The lowest BCUT2D eigenvalue weighted by molar-refractivity contribution is -0.121. The van der Waals surface area contributed by atoms with E-state index in [-0.39, 0.29) is 5.91 Å². The normalized spacial score (nSPS) is 19.8. The van der Waals surface area contributed by atoms with Gasteiger partial charge in [-0.3, -0.25) is 4.79 Å². The molecular formula is C27H26Cl2N2O2. The third-order valence-corrected chi connectivity index (χ3v) is 7.51. The molecule has 0 bridgehead atoms. The number of nitrogens with zero attached hydrogens (tertiary/aromatic N) is 2. The highest BCUT2D eigenvalue weighted by Gasteiger charge is 2.49. The van der Waals surface area contributed by atoms with Crippen LogP contribution in [-0.2, 0) is 16.8 Å². The van der Waals surface area contributed by atoms with E-state index in [1.807, 2.05) is 54.3 Å². The maximum Gasteiger partial charge on any atom is 0.242 e. The summed E-state index contributed by atoms with van der Waals surface area (Å²) in [7, 11) is 1.68. The van der Waals surface area contributed by atoms with E-state index < -0.39 is 5.41 Å². The van der Waals surface area contributed by atoms with Crippen molar-refractivity contribution in [2.75, 3.05) is 30.0 Å². The summed E-state index contributed by atoms with van der Waals surface area (Å²) in [6, 6.07) is 19.4. The Balaban J connectivity index is 1.56. The number of halogens is 2. The summed E-state index contributed by atoms with van der Waals surface area (Å²) in [4.78, 5) is 18.2. The molecule has 3 aromatic carbocycles. The molecule has 0 aromatic heterocycles. The summed E-state index contributed by atoms with van der Waals surface area (Å²) in [5, 5.41) is 1.16. The molecule has 2 aliphatic heterocycles. The molecule has 2 aliphatic rings. The molecule has 33 heavy (non-hydrogen) atoms. The molecule has 1 atom stereocenters. The van der Waals surface area contributed by atoms with E-state index in [1.54, 1.807) is 7.11 Å². The van der Waals surface area contributed by atoms with Crippen LogP contribution in [0.4, 0.5) is 11.4 Å². The number of hydrogen-bond donors (Lipinski definition) is 0. The van der Waals surface area contributed by atoms with Gasteiger partial charge in [0.25, 0.3) is 0 Å². The molecule has 2 heterocycles. The van der Waals surface area contributed by atoms with E-state index in [2.05, 4.69) is 23.1 Å². The summed E-state index contributed by atoms with van der Waals surface area (Å²) >= 11 is 12.9. The van der Waals surface area contributed by atoms with Gasteiger partial charge in [-0.15, -0.1) is 0 Å². The van der Waals surface area contributed by atoms with Crippen molar-refractivity contribution in [3.05, 3.63) is 87.4 Å². The first kappa shape index (κ1) is 22.1. The number of anilines is 2. The Labute approximate surface area is 204 Å².